The lowest BCUT2D eigenvalue weighted by Crippen LogP contribution is -2.27. The molecule has 1 rings (SSSR count). The first-order chi connectivity index (χ1) is 8.22. The van der Waals surface area contributed by atoms with E-state index in [0.717, 1.165) is 11.3 Å². The summed E-state index contributed by atoms with van der Waals surface area (Å²) in [6.07, 6.45) is 0. The molecule has 3 heteroatoms. The summed E-state index contributed by atoms with van der Waals surface area (Å²) in [5.74, 6) is 6.67. The van der Waals surface area contributed by atoms with Crippen molar-refractivity contribution in [2.24, 2.45) is 0 Å². The molecule has 0 spiro atoms. The zero-order valence-electron chi connectivity index (χ0n) is 10.6. The molecule has 1 N–H and O–H groups in total. The Balaban J connectivity index is 2.79. The number of ether oxygens (including phenoxy) is 1. The SMILES string of the molecule is CC#CCN(C)C(CO)c1ccc(OC)cc1. The lowest BCUT2D eigenvalue weighted by molar-refractivity contribution is 0.160. The minimum atomic E-state index is -0.0262. The first kappa shape index (κ1) is 13.6. The van der Waals surface area contributed by atoms with Crippen molar-refractivity contribution in [3.63, 3.8) is 0 Å². The topological polar surface area (TPSA) is 32.7 Å². The molecule has 1 aromatic carbocycles. The van der Waals surface area contributed by atoms with Crippen molar-refractivity contribution in [2.45, 2.75) is 13.0 Å². The normalized spacial score (nSPS) is 11.8. The van der Waals surface area contributed by atoms with E-state index in [4.69, 9.17) is 4.74 Å². The predicted molar refractivity (Wildman–Crippen MR) is 68.9 cm³/mol. The Hall–Kier alpha value is -1.50. The molecule has 1 atom stereocenters. The van der Waals surface area contributed by atoms with Crippen molar-refractivity contribution in [1.29, 1.82) is 0 Å². The van der Waals surface area contributed by atoms with Gasteiger partial charge in [-0.3, -0.25) is 4.90 Å². The Kier molecular flexibility index (Phi) is 5.55. The lowest BCUT2D eigenvalue weighted by atomic mass is 10.1. The van der Waals surface area contributed by atoms with Gasteiger partial charge in [-0.05, 0) is 31.7 Å². The maximum Gasteiger partial charge on any atom is 0.118 e. The van der Waals surface area contributed by atoms with Crippen LogP contribution in [0.3, 0.4) is 0 Å². The van der Waals surface area contributed by atoms with E-state index in [2.05, 4.69) is 11.8 Å². The summed E-state index contributed by atoms with van der Waals surface area (Å²) < 4.78 is 5.11. The van der Waals surface area contributed by atoms with Crippen molar-refractivity contribution in [3.05, 3.63) is 29.8 Å². The molecule has 0 amide bonds. The molecule has 0 bridgehead atoms. The molecule has 0 aliphatic heterocycles. The number of likely N-dealkylation sites (N-methyl/N-ethyl adjacent to an activating group) is 1. The molecule has 1 unspecified atom stereocenters. The number of hydrogen-bond acceptors (Lipinski definition) is 3. The average molecular weight is 233 g/mol. The molecule has 0 aromatic heterocycles. The third-order valence-electron chi connectivity index (χ3n) is 2.71. The van der Waals surface area contributed by atoms with Crippen LogP contribution in [0.1, 0.15) is 18.5 Å². The standard InChI is InChI=1S/C14H19NO2/c1-4-5-10-15(2)14(11-16)12-6-8-13(17-3)9-7-12/h6-9,14,16H,10-11H2,1-3H3. The third-order valence-corrected chi connectivity index (χ3v) is 2.71. The van der Waals surface area contributed by atoms with Crippen LogP contribution in [-0.4, -0.2) is 37.3 Å². The van der Waals surface area contributed by atoms with E-state index in [1.807, 2.05) is 43.1 Å². The van der Waals surface area contributed by atoms with Gasteiger partial charge in [-0.2, -0.15) is 0 Å². The highest BCUT2D eigenvalue weighted by atomic mass is 16.5. The van der Waals surface area contributed by atoms with E-state index in [-0.39, 0.29) is 12.6 Å². The second-order valence-corrected chi connectivity index (χ2v) is 3.81. The van der Waals surface area contributed by atoms with Gasteiger partial charge in [0.15, 0.2) is 0 Å². The number of aliphatic hydroxyl groups excluding tert-OH is 1. The Labute approximate surface area is 103 Å². The van der Waals surface area contributed by atoms with Gasteiger partial charge in [0.1, 0.15) is 5.75 Å². The quantitative estimate of drug-likeness (QED) is 0.785. The second kappa shape index (κ2) is 6.95. The second-order valence-electron chi connectivity index (χ2n) is 3.81. The van der Waals surface area contributed by atoms with E-state index < -0.39 is 0 Å². The van der Waals surface area contributed by atoms with Gasteiger partial charge in [0.2, 0.25) is 0 Å². The summed E-state index contributed by atoms with van der Waals surface area (Å²) >= 11 is 0. The molecule has 1 aromatic rings. The Morgan fingerprint density at radius 1 is 1.35 bits per heavy atom. The van der Waals surface area contributed by atoms with Gasteiger partial charge in [0, 0.05) is 0 Å². The van der Waals surface area contributed by atoms with Crippen LogP contribution in [0.4, 0.5) is 0 Å². The molecule has 0 saturated carbocycles. The molecular weight excluding hydrogens is 214 g/mol. The van der Waals surface area contributed by atoms with E-state index in [0.29, 0.717) is 6.54 Å². The number of aliphatic hydroxyl groups is 1. The van der Waals surface area contributed by atoms with Crippen LogP contribution in [0.2, 0.25) is 0 Å². The van der Waals surface area contributed by atoms with E-state index >= 15 is 0 Å². The summed E-state index contributed by atoms with van der Waals surface area (Å²) in [6, 6.07) is 7.71. The van der Waals surface area contributed by atoms with Gasteiger partial charge < -0.3 is 9.84 Å². The lowest BCUT2D eigenvalue weighted by Gasteiger charge is -2.25. The van der Waals surface area contributed by atoms with Crippen LogP contribution in [0.5, 0.6) is 5.75 Å². The molecule has 0 aliphatic rings. The fourth-order valence-corrected chi connectivity index (χ4v) is 1.64. The minimum absolute atomic E-state index is 0.0262. The van der Waals surface area contributed by atoms with Crippen molar-refractivity contribution in [2.75, 3.05) is 27.3 Å². The number of nitrogens with zero attached hydrogens (tertiary/aromatic N) is 1. The predicted octanol–water partition coefficient (Wildman–Crippen LogP) is 1.68. The first-order valence-electron chi connectivity index (χ1n) is 5.57. The largest absolute Gasteiger partial charge is 0.497 e. The van der Waals surface area contributed by atoms with E-state index in [1.165, 1.54) is 0 Å². The molecule has 0 radical (unpaired) electrons. The van der Waals surface area contributed by atoms with Gasteiger partial charge in [-0.15, -0.1) is 5.92 Å². The highest BCUT2D eigenvalue weighted by Gasteiger charge is 2.14. The molecule has 0 saturated heterocycles. The number of methoxy groups -OCH3 is 1. The van der Waals surface area contributed by atoms with Gasteiger partial charge >= 0.3 is 0 Å². The highest BCUT2D eigenvalue weighted by Crippen LogP contribution is 2.21. The summed E-state index contributed by atoms with van der Waals surface area (Å²) in [7, 11) is 3.59. The Bertz CT molecular complexity index is 389. The zero-order chi connectivity index (χ0) is 12.7. The average Bonchev–Trinajstić information content (AvgIpc) is 2.38. The summed E-state index contributed by atoms with van der Waals surface area (Å²) in [6.45, 7) is 2.54. The van der Waals surface area contributed by atoms with E-state index in [9.17, 15) is 5.11 Å². The van der Waals surface area contributed by atoms with Gasteiger partial charge in [-0.1, -0.05) is 18.1 Å². The molecule has 17 heavy (non-hydrogen) atoms. The highest BCUT2D eigenvalue weighted by molar-refractivity contribution is 5.29. The minimum Gasteiger partial charge on any atom is -0.497 e. The molecule has 92 valence electrons. The van der Waals surface area contributed by atoms with Crippen molar-refractivity contribution in [3.8, 4) is 17.6 Å². The maximum atomic E-state index is 9.45. The first-order valence-corrected chi connectivity index (χ1v) is 5.57. The van der Waals surface area contributed by atoms with Crippen LogP contribution in [0.25, 0.3) is 0 Å². The molecular formula is C14H19NO2. The van der Waals surface area contributed by atoms with Crippen LogP contribution >= 0.6 is 0 Å². The molecule has 0 aliphatic carbocycles. The Morgan fingerprint density at radius 2 is 2.00 bits per heavy atom. The van der Waals surface area contributed by atoms with Crippen LogP contribution in [0, 0.1) is 11.8 Å². The van der Waals surface area contributed by atoms with Crippen molar-refractivity contribution in [1.82, 2.24) is 4.90 Å². The van der Waals surface area contributed by atoms with E-state index in [1.54, 1.807) is 7.11 Å². The molecule has 0 heterocycles. The Morgan fingerprint density at radius 3 is 2.47 bits per heavy atom. The van der Waals surface area contributed by atoms with Crippen molar-refractivity contribution >= 4 is 0 Å². The number of rotatable bonds is 5. The number of hydrogen-bond donors (Lipinski definition) is 1. The zero-order valence-corrected chi connectivity index (χ0v) is 10.6. The van der Waals surface area contributed by atoms with Crippen LogP contribution in [0.15, 0.2) is 24.3 Å². The van der Waals surface area contributed by atoms with Crippen LogP contribution < -0.4 is 4.74 Å². The summed E-state index contributed by atoms with van der Waals surface area (Å²) in [5.41, 5.74) is 1.06. The van der Waals surface area contributed by atoms with Gasteiger partial charge in [0.25, 0.3) is 0 Å². The third kappa shape index (κ3) is 3.77. The van der Waals surface area contributed by atoms with Gasteiger partial charge in [0.05, 0.1) is 26.3 Å². The smallest absolute Gasteiger partial charge is 0.118 e. The molecule has 3 nitrogen and oxygen atoms in total. The summed E-state index contributed by atoms with van der Waals surface area (Å²) in [5, 5.41) is 9.45. The van der Waals surface area contributed by atoms with Crippen molar-refractivity contribution < 1.29 is 9.84 Å². The maximum absolute atomic E-state index is 9.45. The fraction of sp³-hybridized carbons (Fsp3) is 0.429. The fourth-order valence-electron chi connectivity index (χ4n) is 1.64. The summed E-state index contributed by atoms with van der Waals surface area (Å²) in [4.78, 5) is 2.03. The van der Waals surface area contributed by atoms with Gasteiger partial charge in [-0.25, -0.2) is 0 Å². The monoisotopic (exact) mass is 233 g/mol. The molecule has 0 fully saturated rings. The number of benzene rings is 1. The van der Waals surface area contributed by atoms with Crippen LogP contribution in [-0.2, 0) is 0 Å².